The van der Waals surface area contributed by atoms with Crippen LogP contribution in [0.2, 0.25) is 0 Å². The lowest BCUT2D eigenvalue weighted by Gasteiger charge is -1.99. The smallest absolute Gasteiger partial charge is 0.227 e. The molecule has 0 N–H and O–H groups in total. The normalized spacial score (nSPS) is 11.0. The van der Waals surface area contributed by atoms with Gasteiger partial charge in [-0.25, -0.2) is 13.9 Å². The van der Waals surface area contributed by atoms with Crippen molar-refractivity contribution in [2.24, 2.45) is 0 Å². The number of nitrogens with zero attached hydrogens (tertiary/aromatic N) is 2. The van der Waals surface area contributed by atoms with E-state index in [0.717, 1.165) is 22.2 Å². The summed E-state index contributed by atoms with van der Waals surface area (Å²) in [6.45, 7) is 0.617. The summed E-state index contributed by atoms with van der Waals surface area (Å²) in [7, 11) is 0. The molecule has 0 aliphatic heterocycles. The van der Waals surface area contributed by atoms with Crippen LogP contribution in [0.5, 0.6) is 0 Å². The van der Waals surface area contributed by atoms with Crippen LogP contribution in [0.15, 0.2) is 77.5 Å². The van der Waals surface area contributed by atoms with Crippen molar-refractivity contribution in [2.45, 2.75) is 6.54 Å². The van der Waals surface area contributed by atoms with Crippen LogP contribution < -0.4 is 4.57 Å². The molecular formula is C19H14FN2O+. The van der Waals surface area contributed by atoms with E-state index in [-0.39, 0.29) is 5.82 Å². The minimum absolute atomic E-state index is 0.216. The largest absolute Gasteiger partial charge is 0.436 e. The van der Waals surface area contributed by atoms with Gasteiger partial charge < -0.3 is 4.42 Å². The molecule has 4 rings (SSSR count). The predicted molar refractivity (Wildman–Crippen MR) is 85.1 cm³/mol. The fourth-order valence-electron chi connectivity index (χ4n) is 2.55. The number of hydrogen-bond acceptors (Lipinski definition) is 2. The molecule has 0 atom stereocenters. The molecule has 0 saturated carbocycles. The molecule has 0 radical (unpaired) electrons. The van der Waals surface area contributed by atoms with Crippen molar-refractivity contribution in [1.82, 2.24) is 4.98 Å². The van der Waals surface area contributed by atoms with Crippen LogP contribution in [0.4, 0.5) is 4.39 Å². The van der Waals surface area contributed by atoms with Gasteiger partial charge in [0.25, 0.3) is 0 Å². The van der Waals surface area contributed by atoms with Gasteiger partial charge in [0.05, 0.1) is 0 Å². The lowest BCUT2D eigenvalue weighted by molar-refractivity contribution is -0.688. The van der Waals surface area contributed by atoms with Gasteiger partial charge in [-0.3, -0.25) is 0 Å². The van der Waals surface area contributed by atoms with Crippen molar-refractivity contribution in [3.05, 3.63) is 84.4 Å². The molecule has 0 aliphatic carbocycles. The Labute approximate surface area is 132 Å². The first-order valence-corrected chi connectivity index (χ1v) is 7.37. The van der Waals surface area contributed by atoms with Crippen LogP contribution in [0, 0.1) is 5.82 Å². The van der Waals surface area contributed by atoms with Crippen molar-refractivity contribution in [1.29, 1.82) is 0 Å². The first-order chi connectivity index (χ1) is 11.3. The standard InChI is InChI=1S/C19H14FN2O/c20-16-5-3-4-14(12-16)13-22-10-8-15(9-11-22)19-21-17-6-1-2-7-18(17)23-19/h1-12H,13H2/q+1. The van der Waals surface area contributed by atoms with Crippen molar-refractivity contribution in [2.75, 3.05) is 0 Å². The van der Waals surface area contributed by atoms with Crippen LogP contribution in [0.3, 0.4) is 0 Å². The van der Waals surface area contributed by atoms with E-state index in [1.54, 1.807) is 12.1 Å². The van der Waals surface area contributed by atoms with E-state index >= 15 is 0 Å². The molecule has 0 unspecified atom stereocenters. The highest BCUT2D eigenvalue weighted by atomic mass is 19.1. The highest BCUT2D eigenvalue weighted by molar-refractivity contribution is 5.75. The second-order valence-electron chi connectivity index (χ2n) is 5.38. The third-order valence-electron chi connectivity index (χ3n) is 3.69. The van der Waals surface area contributed by atoms with Crippen LogP contribution in [-0.4, -0.2) is 4.98 Å². The van der Waals surface area contributed by atoms with Gasteiger partial charge in [-0.15, -0.1) is 0 Å². The maximum Gasteiger partial charge on any atom is 0.227 e. The Kier molecular flexibility index (Phi) is 3.35. The molecular weight excluding hydrogens is 291 g/mol. The number of benzene rings is 2. The van der Waals surface area contributed by atoms with Gasteiger partial charge >= 0.3 is 0 Å². The topological polar surface area (TPSA) is 29.9 Å². The third kappa shape index (κ3) is 2.83. The predicted octanol–water partition coefficient (Wildman–Crippen LogP) is 3.97. The molecule has 4 aromatic rings. The lowest BCUT2D eigenvalue weighted by atomic mass is 10.2. The van der Waals surface area contributed by atoms with Crippen LogP contribution in [0.25, 0.3) is 22.6 Å². The number of halogens is 1. The lowest BCUT2D eigenvalue weighted by Crippen LogP contribution is -2.33. The summed E-state index contributed by atoms with van der Waals surface area (Å²) in [5, 5.41) is 0. The van der Waals surface area contributed by atoms with Crippen molar-refractivity contribution in [3.8, 4) is 11.5 Å². The van der Waals surface area contributed by atoms with Gasteiger partial charge in [0.1, 0.15) is 11.3 Å². The van der Waals surface area contributed by atoms with E-state index < -0.39 is 0 Å². The van der Waals surface area contributed by atoms with Gasteiger partial charge in [0.15, 0.2) is 24.5 Å². The molecule has 0 spiro atoms. The summed E-state index contributed by atoms with van der Waals surface area (Å²) in [5.74, 6) is 0.385. The Balaban J connectivity index is 1.60. The Morgan fingerprint density at radius 1 is 0.957 bits per heavy atom. The van der Waals surface area contributed by atoms with E-state index in [1.807, 2.05) is 59.4 Å². The summed E-state index contributed by atoms with van der Waals surface area (Å²) in [6, 6.07) is 18.2. The molecule has 23 heavy (non-hydrogen) atoms. The van der Waals surface area contributed by atoms with E-state index in [9.17, 15) is 4.39 Å². The number of hydrogen-bond donors (Lipinski definition) is 0. The summed E-state index contributed by atoms with van der Waals surface area (Å²) in [5.41, 5.74) is 3.46. The molecule has 0 fully saturated rings. The molecule has 0 saturated heterocycles. The fourth-order valence-corrected chi connectivity index (χ4v) is 2.55. The summed E-state index contributed by atoms with van der Waals surface area (Å²) in [6.07, 6.45) is 3.88. The molecule has 2 heterocycles. The van der Waals surface area contributed by atoms with Gasteiger partial charge in [0, 0.05) is 23.3 Å². The van der Waals surface area contributed by atoms with Gasteiger partial charge in [0.2, 0.25) is 5.89 Å². The van der Waals surface area contributed by atoms with E-state index in [0.29, 0.717) is 12.4 Å². The number of aromatic nitrogens is 2. The zero-order valence-electron chi connectivity index (χ0n) is 12.3. The zero-order chi connectivity index (χ0) is 15.6. The molecule has 2 aromatic heterocycles. The van der Waals surface area contributed by atoms with E-state index in [1.165, 1.54) is 6.07 Å². The highest BCUT2D eigenvalue weighted by Crippen LogP contribution is 2.22. The van der Waals surface area contributed by atoms with Crippen LogP contribution in [-0.2, 0) is 6.54 Å². The first kappa shape index (κ1) is 13.6. The number of para-hydroxylation sites is 2. The van der Waals surface area contributed by atoms with E-state index in [2.05, 4.69) is 4.98 Å². The van der Waals surface area contributed by atoms with Crippen molar-refractivity contribution >= 4 is 11.1 Å². The highest BCUT2D eigenvalue weighted by Gasteiger charge is 2.10. The maximum atomic E-state index is 13.2. The van der Waals surface area contributed by atoms with Crippen LogP contribution >= 0.6 is 0 Å². The van der Waals surface area contributed by atoms with Gasteiger partial charge in [-0.05, 0) is 24.3 Å². The summed E-state index contributed by atoms with van der Waals surface area (Å²) in [4.78, 5) is 4.48. The molecule has 112 valence electrons. The third-order valence-corrected chi connectivity index (χ3v) is 3.69. The summed E-state index contributed by atoms with van der Waals surface area (Å²) >= 11 is 0. The van der Waals surface area contributed by atoms with Gasteiger partial charge in [-0.1, -0.05) is 24.3 Å². The average Bonchev–Trinajstić information content (AvgIpc) is 2.99. The Hall–Kier alpha value is -3.01. The zero-order valence-corrected chi connectivity index (χ0v) is 12.3. The SMILES string of the molecule is Fc1cccc(C[n+]2ccc(-c3nc4ccccc4o3)cc2)c1. The Morgan fingerprint density at radius 3 is 2.57 bits per heavy atom. The maximum absolute atomic E-state index is 13.2. The molecule has 0 bridgehead atoms. The summed E-state index contributed by atoms with van der Waals surface area (Å²) < 4.78 is 21.0. The Morgan fingerprint density at radius 2 is 1.78 bits per heavy atom. The monoisotopic (exact) mass is 305 g/mol. The fraction of sp³-hybridized carbons (Fsp3) is 0.0526. The first-order valence-electron chi connectivity index (χ1n) is 7.37. The minimum atomic E-state index is -0.216. The molecule has 2 aromatic carbocycles. The number of fused-ring (bicyclic) bond motifs is 1. The minimum Gasteiger partial charge on any atom is -0.436 e. The quantitative estimate of drug-likeness (QED) is 0.536. The number of pyridine rings is 1. The molecule has 4 heteroatoms. The molecule has 3 nitrogen and oxygen atoms in total. The van der Waals surface area contributed by atoms with Crippen molar-refractivity contribution < 1.29 is 13.4 Å². The van der Waals surface area contributed by atoms with Crippen molar-refractivity contribution in [3.63, 3.8) is 0 Å². The van der Waals surface area contributed by atoms with E-state index in [4.69, 9.17) is 4.42 Å². The number of rotatable bonds is 3. The average molecular weight is 305 g/mol. The second kappa shape index (κ2) is 5.65. The van der Waals surface area contributed by atoms with Crippen LogP contribution in [0.1, 0.15) is 5.56 Å². The molecule has 0 aliphatic rings. The number of oxazole rings is 1. The van der Waals surface area contributed by atoms with Gasteiger partial charge in [-0.2, -0.15) is 0 Å². The second-order valence-corrected chi connectivity index (χ2v) is 5.38. The Bertz CT molecular complexity index is 927. The molecule has 0 amide bonds.